The maximum absolute atomic E-state index is 12.3. The number of anilines is 1. The summed E-state index contributed by atoms with van der Waals surface area (Å²) in [5.74, 6) is 0. The minimum atomic E-state index is -3.48. The third kappa shape index (κ3) is 4.77. The summed E-state index contributed by atoms with van der Waals surface area (Å²) in [6.07, 6.45) is 2.67. The molecule has 0 radical (unpaired) electrons. The Bertz CT molecular complexity index is 503. The van der Waals surface area contributed by atoms with Crippen LogP contribution in [-0.2, 0) is 10.0 Å². The Morgan fingerprint density at radius 2 is 1.90 bits per heavy atom. The summed E-state index contributed by atoms with van der Waals surface area (Å²) in [6, 6.07) is 7.02. The van der Waals surface area contributed by atoms with E-state index in [1.54, 1.807) is 18.2 Å². The fourth-order valence-corrected chi connectivity index (χ4v) is 3.25. The Labute approximate surface area is 122 Å². The molecule has 5 nitrogen and oxygen atoms in total. The fraction of sp³-hybridized carbons (Fsp3) is 0.571. The maximum Gasteiger partial charge on any atom is 0.242 e. The molecule has 6 heteroatoms. The van der Waals surface area contributed by atoms with Crippen LogP contribution in [0, 0.1) is 0 Å². The predicted octanol–water partition coefficient (Wildman–Crippen LogP) is 1.91. The number of benzene rings is 1. The summed E-state index contributed by atoms with van der Waals surface area (Å²) in [5.41, 5.74) is 6.33. The minimum Gasteiger partial charge on any atom is -0.380 e. The van der Waals surface area contributed by atoms with Gasteiger partial charge >= 0.3 is 0 Å². The van der Waals surface area contributed by atoms with Crippen molar-refractivity contribution in [2.75, 3.05) is 18.4 Å². The maximum atomic E-state index is 12.3. The van der Waals surface area contributed by atoms with Gasteiger partial charge in [0.15, 0.2) is 0 Å². The normalized spacial score (nSPS) is 13.2. The Balaban J connectivity index is 2.98. The molecule has 0 saturated heterocycles. The first kappa shape index (κ1) is 16.9. The van der Waals surface area contributed by atoms with E-state index in [1.807, 2.05) is 13.0 Å². The quantitative estimate of drug-likeness (QED) is 0.650. The highest BCUT2D eigenvalue weighted by Gasteiger charge is 2.18. The topological polar surface area (TPSA) is 84.2 Å². The van der Waals surface area contributed by atoms with Crippen molar-refractivity contribution < 1.29 is 8.42 Å². The number of nitrogens with two attached hydrogens (primary N) is 1. The number of hydrogen-bond acceptors (Lipinski definition) is 4. The molecule has 0 saturated carbocycles. The van der Waals surface area contributed by atoms with Crippen molar-refractivity contribution in [2.45, 2.75) is 44.0 Å². The summed E-state index contributed by atoms with van der Waals surface area (Å²) in [4.78, 5) is 0.281. The Kier molecular flexibility index (Phi) is 6.98. The highest BCUT2D eigenvalue weighted by molar-refractivity contribution is 7.89. The molecule has 20 heavy (non-hydrogen) atoms. The van der Waals surface area contributed by atoms with E-state index in [9.17, 15) is 8.42 Å². The molecule has 4 N–H and O–H groups in total. The lowest BCUT2D eigenvalue weighted by molar-refractivity contribution is 0.580. The van der Waals surface area contributed by atoms with Crippen LogP contribution in [0.3, 0.4) is 0 Å². The van der Waals surface area contributed by atoms with Gasteiger partial charge in [-0.15, -0.1) is 0 Å². The molecule has 0 aliphatic rings. The number of nitrogens with one attached hydrogen (secondary N) is 2. The van der Waals surface area contributed by atoms with Gasteiger partial charge in [0.2, 0.25) is 10.0 Å². The van der Waals surface area contributed by atoms with Gasteiger partial charge < -0.3 is 11.1 Å². The monoisotopic (exact) mass is 299 g/mol. The van der Waals surface area contributed by atoms with Crippen molar-refractivity contribution in [3.05, 3.63) is 24.3 Å². The first-order valence-corrected chi connectivity index (χ1v) is 8.58. The molecule has 0 aliphatic heterocycles. The second-order valence-corrected chi connectivity index (χ2v) is 6.49. The van der Waals surface area contributed by atoms with Crippen LogP contribution in [0.25, 0.3) is 0 Å². The first-order chi connectivity index (χ1) is 9.55. The van der Waals surface area contributed by atoms with Gasteiger partial charge in [-0.1, -0.05) is 32.4 Å². The zero-order chi connectivity index (χ0) is 15.0. The Morgan fingerprint density at radius 3 is 2.50 bits per heavy atom. The number of rotatable bonds is 9. The number of hydrogen-bond donors (Lipinski definition) is 3. The van der Waals surface area contributed by atoms with E-state index in [0.29, 0.717) is 18.8 Å². The van der Waals surface area contributed by atoms with Crippen LogP contribution in [0.1, 0.15) is 33.1 Å². The summed E-state index contributed by atoms with van der Waals surface area (Å²) in [6.45, 7) is 4.92. The molecule has 1 rings (SSSR count). The molecular weight excluding hydrogens is 274 g/mol. The summed E-state index contributed by atoms with van der Waals surface area (Å²) in [7, 11) is -3.48. The summed E-state index contributed by atoms with van der Waals surface area (Å²) >= 11 is 0. The summed E-state index contributed by atoms with van der Waals surface area (Å²) in [5, 5.41) is 3.24. The molecule has 0 aromatic heterocycles. The van der Waals surface area contributed by atoms with Crippen molar-refractivity contribution in [1.29, 1.82) is 0 Å². The SMILES string of the molecule is CCCNS(=O)(=O)c1ccccc1NC(CN)CCC. The number of para-hydroxylation sites is 1. The Hall–Kier alpha value is -1.11. The molecule has 0 aliphatic carbocycles. The standard InChI is InChI=1S/C14H25N3O2S/c1-3-7-12(11-15)17-13-8-5-6-9-14(13)20(18,19)16-10-4-2/h5-6,8-9,12,16-17H,3-4,7,10-11,15H2,1-2H3. The van der Waals surface area contributed by atoms with Gasteiger partial charge in [0.25, 0.3) is 0 Å². The van der Waals surface area contributed by atoms with Gasteiger partial charge in [-0.25, -0.2) is 13.1 Å². The predicted molar refractivity (Wildman–Crippen MR) is 83.3 cm³/mol. The van der Waals surface area contributed by atoms with Crippen molar-refractivity contribution in [2.24, 2.45) is 5.73 Å². The van der Waals surface area contributed by atoms with Gasteiger partial charge in [0.1, 0.15) is 4.90 Å². The lowest BCUT2D eigenvalue weighted by Crippen LogP contribution is -2.31. The van der Waals surface area contributed by atoms with E-state index < -0.39 is 10.0 Å². The van der Waals surface area contributed by atoms with Crippen molar-refractivity contribution in [3.63, 3.8) is 0 Å². The highest BCUT2D eigenvalue weighted by atomic mass is 32.2. The molecule has 0 heterocycles. The van der Waals surface area contributed by atoms with Crippen molar-refractivity contribution >= 4 is 15.7 Å². The lowest BCUT2D eigenvalue weighted by Gasteiger charge is -2.20. The van der Waals surface area contributed by atoms with E-state index in [4.69, 9.17) is 5.73 Å². The van der Waals surface area contributed by atoms with Crippen molar-refractivity contribution in [3.8, 4) is 0 Å². The average molecular weight is 299 g/mol. The molecule has 0 amide bonds. The molecule has 114 valence electrons. The van der Waals surface area contributed by atoms with Gasteiger partial charge in [0, 0.05) is 19.1 Å². The van der Waals surface area contributed by atoms with Crippen LogP contribution in [-0.4, -0.2) is 27.5 Å². The largest absolute Gasteiger partial charge is 0.380 e. The average Bonchev–Trinajstić information content (AvgIpc) is 2.45. The highest BCUT2D eigenvalue weighted by Crippen LogP contribution is 2.22. The fourth-order valence-electron chi connectivity index (χ4n) is 1.95. The molecule has 1 aromatic rings. The van der Waals surface area contributed by atoms with Gasteiger partial charge in [0.05, 0.1) is 5.69 Å². The molecular formula is C14H25N3O2S. The third-order valence-electron chi connectivity index (χ3n) is 3.00. The molecule has 0 bridgehead atoms. The van der Waals surface area contributed by atoms with Gasteiger partial charge in [-0.05, 0) is 25.0 Å². The lowest BCUT2D eigenvalue weighted by atomic mass is 10.1. The number of sulfonamides is 1. The van der Waals surface area contributed by atoms with E-state index >= 15 is 0 Å². The molecule has 1 aromatic carbocycles. The molecule has 1 unspecified atom stereocenters. The third-order valence-corrected chi connectivity index (χ3v) is 4.52. The van der Waals surface area contributed by atoms with Crippen LogP contribution in [0.5, 0.6) is 0 Å². The zero-order valence-corrected chi connectivity index (χ0v) is 13.0. The van der Waals surface area contributed by atoms with E-state index in [-0.39, 0.29) is 10.9 Å². The molecule has 0 spiro atoms. The molecule has 1 atom stereocenters. The van der Waals surface area contributed by atoms with E-state index in [1.165, 1.54) is 0 Å². The van der Waals surface area contributed by atoms with Crippen LogP contribution < -0.4 is 15.8 Å². The van der Waals surface area contributed by atoms with Crippen LogP contribution in [0.4, 0.5) is 5.69 Å². The second-order valence-electron chi connectivity index (χ2n) is 4.76. The van der Waals surface area contributed by atoms with Gasteiger partial charge in [-0.3, -0.25) is 0 Å². The second kappa shape index (κ2) is 8.24. The van der Waals surface area contributed by atoms with E-state index in [0.717, 1.165) is 19.3 Å². The Morgan fingerprint density at radius 1 is 1.20 bits per heavy atom. The van der Waals surface area contributed by atoms with Crippen LogP contribution in [0.2, 0.25) is 0 Å². The van der Waals surface area contributed by atoms with Crippen LogP contribution >= 0.6 is 0 Å². The first-order valence-electron chi connectivity index (χ1n) is 7.10. The van der Waals surface area contributed by atoms with Crippen LogP contribution in [0.15, 0.2) is 29.2 Å². The molecule has 0 fully saturated rings. The summed E-state index contributed by atoms with van der Waals surface area (Å²) < 4.78 is 27.1. The van der Waals surface area contributed by atoms with Gasteiger partial charge in [-0.2, -0.15) is 0 Å². The van der Waals surface area contributed by atoms with E-state index in [2.05, 4.69) is 17.0 Å². The smallest absolute Gasteiger partial charge is 0.242 e. The zero-order valence-electron chi connectivity index (χ0n) is 12.2. The van der Waals surface area contributed by atoms with Crippen molar-refractivity contribution in [1.82, 2.24) is 4.72 Å². The minimum absolute atomic E-state index is 0.0857.